The lowest BCUT2D eigenvalue weighted by Crippen LogP contribution is -2.11. The van der Waals surface area contributed by atoms with E-state index in [1.54, 1.807) is 6.92 Å². The number of rotatable bonds is 4. The molecule has 0 saturated heterocycles. The van der Waals surface area contributed by atoms with Gasteiger partial charge in [0.05, 0.1) is 25.5 Å². The van der Waals surface area contributed by atoms with E-state index in [4.69, 9.17) is 44.0 Å². The molecule has 24 heavy (non-hydrogen) atoms. The Kier molecular flexibility index (Phi) is 5.10. The molecule has 0 aliphatic rings. The smallest absolute Gasteiger partial charge is 0.342 e. The molecule has 3 rings (SSSR count). The van der Waals surface area contributed by atoms with E-state index < -0.39 is 12.1 Å². The highest BCUT2D eigenvalue weighted by molar-refractivity contribution is 7.13. The summed E-state index contributed by atoms with van der Waals surface area (Å²) < 4.78 is 10.8. The molecule has 2 heterocycles. The van der Waals surface area contributed by atoms with E-state index >= 15 is 0 Å². The fraction of sp³-hybridized carbons (Fsp3) is 0.133. The van der Waals surface area contributed by atoms with Gasteiger partial charge in [0.2, 0.25) is 0 Å². The molecule has 0 fully saturated rings. The van der Waals surface area contributed by atoms with Gasteiger partial charge >= 0.3 is 5.97 Å². The Morgan fingerprint density at radius 3 is 2.67 bits per heavy atom. The van der Waals surface area contributed by atoms with Crippen LogP contribution in [-0.4, -0.2) is 16.2 Å². The van der Waals surface area contributed by atoms with Crippen molar-refractivity contribution in [3.63, 3.8) is 0 Å². The lowest BCUT2D eigenvalue weighted by molar-refractivity contribution is 0.0280. The standard InChI is InChI=1S/C15H9Cl3N2O3S/c1-7(13-19-20-14(23-13)10-3-2-6-24-10)22-15(21)11-8(16)4-5-9(17)12(11)18/h2-7H,1H3. The van der Waals surface area contributed by atoms with Crippen molar-refractivity contribution in [2.24, 2.45) is 0 Å². The highest BCUT2D eigenvalue weighted by atomic mass is 35.5. The first kappa shape index (κ1) is 17.2. The van der Waals surface area contributed by atoms with Crippen molar-refractivity contribution in [3.8, 4) is 10.8 Å². The second kappa shape index (κ2) is 7.11. The van der Waals surface area contributed by atoms with Crippen molar-refractivity contribution < 1.29 is 13.9 Å². The van der Waals surface area contributed by atoms with Gasteiger partial charge < -0.3 is 9.15 Å². The number of hydrogen-bond acceptors (Lipinski definition) is 6. The molecule has 1 unspecified atom stereocenters. The zero-order chi connectivity index (χ0) is 17.3. The number of benzene rings is 1. The molecule has 0 saturated carbocycles. The van der Waals surface area contributed by atoms with Gasteiger partial charge in [-0.15, -0.1) is 21.5 Å². The number of esters is 1. The van der Waals surface area contributed by atoms with Crippen molar-refractivity contribution in [2.45, 2.75) is 13.0 Å². The average molecular weight is 404 g/mol. The molecule has 0 aliphatic heterocycles. The third kappa shape index (κ3) is 3.42. The largest absolute Gasteiger partial charge is 0.449 e. The van der Waals surface area contributed by atoms with Gasteiger partial charge in [-0.05, 0) is 30.5 Å². The predicted molar refractivity (Wildman–Crippen MR) is 92.9 cm³/mol. The molecule has 1 atom stereocenters. The zero-order valence-electron chi connectivity index (χ0n) is 12.1. The predicted octanol–water partition coefficient (Wildman–Crippen LogP) is 5.68. The van der Waals surface area contributed by atoms with E-state index in [2.05, 4.69) is 10.2 Å². The minimum Gasteiger partial charge on any atom is -0.449 e. The highest BCUT2D eigenvalue weighted by Gasteiger charge is 2.24. The maximum atomic E-state index is 12.3. The van der Waals surface area contributed by atoms with E-state index in [0.29, 0.717) is 5.89 Å². The van der Waals surface area contributed by atoms with E-state index in [1.165, 1.54) is 23.5 Å². The van der Waals surface area contributed by atoms with Crippen LogP contribution in [0.4, 0.5) is 0 Å². The van der Waals surface area contributed by atoms with Gasteiger partial charge in [0.1, 0.15) is 0 Å². The summed E-state index contributed by atoms with van der Waals surface area (Å²) in [6.45, 7) is 1.61. The third-order valence-electron chi connectivity index (χ3n) is 3.05. The quantitative estimate of drug-likeness (QED) is 0.414. The Morgan fingerprint density at radius 1 is 1.21 bits per heavy atom. The number of ether oxygens (including phenoxy) is 1. The Balaban J connectivity index is 1.79. The Labute approximate surface area is 156 Å². The molecular formula is C15H9Cl3N2O3S. The Hall–Kier alpha value is -1.60. The summed E-state index contributed by atoms with van der Waals surface area (Å²) in [4.78, 5) is 13.1. The number of aromatic nitrogens is 2. The summed E-state index contributed by atoms with van der Waals surface area (Å²) in [7, 11) is 0. The molecule has 3 aromatic rings. The van der Waals surface area contributed by atoms with Crippen molar-refractivity contribution in [1.29, 1.82) is 0 Å². The van der Waals surface area contributed by atoms with E-state index in [1.807, 2.05) is 17.5 Å². The summed E-state index contributed by atoms with van der Waals surface area (Å²) in [5.41, 5.74) is -0.00400. The van der Waals surface area contributed by atoms with Crippen LogP contribution in [0.3, 0.4) is 0 Å². The van der Waals surface area contributed by atoms with E-state index in [0.717, 1.165) is 4.88 Å². The molecule has 0 N–H and O–H groups in total. The first-order valence-electron chi connectivity index (χ1n) is 6.69. The number of halogens is 3. The van der Waals surface area contributed by atoms with Gasteiger partial charge in [0, 0.05) is 0 Å². The van der Waals surface area contributed by atoms with Crippen LogP contribution in [0.2, 0.25) is 15.1 Å². The molecule has 124 valence electrons. The average Bonchev–Trinajstić information content (AvgIpc) is 3.21. The first-order valence-corrected chi connectivity index (χ1v) is 8.70. The van der Waals surface area contributed by atoms with Gasteiger partial charge in [0.15, 0.2) is 6.10 Å². The molecule has 5 nitrogen and oxygen atoms in total. The second-order valence-electron chi connectivity index (χ2n) is 4.69. The number of carbonyl (C=O) groups is 1. The topological polar surface area (TPSA) is 65.2 Å². The van der Waals surface area contributed by atoms with Gasteiger partial charge in [0.25, 0.3) is 11.8 Å². The van der Waals surface area contributed by atoms with Crippen molar-refractivity contribution in [3.05, 3.63) is 56.2 Å². The fourth-order valence-electron chi connectivity index (χ4n) is 1.88. The van der Waals surface area contributed by atoms with Crippen LogP contribution in [0.15, 0.2) is 34.1 Å². The van der Waals surface area contributed by atoms with Gasteiger partial charge in [-0.25, -0.2) is 4.79 Å². The van der Waals surface area contributed by atoms with Crippen LogP contribution in [0.1, 0.15) is 29.3 Å². The molecule has 0 amide bonds. The number of thiophene rings is 1. The van der Waals surface area contributed by atoms with Crippen LogP contribution in [0.5, 0.6) is 0 Å². The van der Waals surface area contributed by atoms with Gasteiger partial charge in [-0.1, -0.05) is 40.9 Å². The van der Waals surface area contributed by atoms with E-state index in [-0.39, 0.29) is 26.5 Å². The van der Waals surface area contributed by atoms with Crippen molar-refractivity contribution in [1.82, 2.24) is 10.2 Å². The molecule has 0 bridgehead atoms. The Bertz CT molecular complexity index is 880. The SMILES string of the molecule is CC(OC(=O)c1c(Cl)ccc(Cl)c1Cl)c1nnc(-c2cccs2)o1. The van der Waals surface area contributed by atoms with Gasteiger partial charge in [-0.2, -0.15) is 0 Å². The lowest BCUT2D eigenvalue weighted by atomic mass is 10.2. The number of hydrogen-bond donors (Lipinski definition) is 0. The maximum Gasteiger partial charge on any atom is 0.342 e. The molecule has 0 spiro atoms. The van der Waals surface area contributed by atoms with Crippen LogP contribution < -0.4 is 0 Å². The summed E-state index contributed by atoms with van der Waals surface area (Å²) in [5.74, 6) is -0.196. The highest BCUT2D eigenvalue weighted by Crippen LogP contribution is 2.33. The Morgan fingerprint density at radius 2 is 1.96 bits per heavy atom. The third-order valence-corrected chi connectivity index (χ3v) is 5.03. The van der Waals surface area contributed by atoms with E-state index in [9.17, 15) is 4.79 Å². The summed E-state index contributed by atoms with van der Waals surface area (Å²) in [6.07, 6.45) is -0.773. The maximum absolute atomic E-state index is 12.3. The fourth-order valence-corrected chi connectivity index (χ4v) is 3.21. The molecule has 0 aliphatic carbocycles. The molecular weight excluding hydrogens is 395 g/mol. The lowest BCUT2D eigenvalue weighted by Gasteiger charge is -2.12. The summed E-state index contributed by atoms with van der Waals surface area (Å²) in [6, 6.07) is 6.69. The summed E-state index contributed by atoms with van der Waals surface area (Å²) >= 11 is 19.4. The molecule has 2 aromatic heterocycles. The van der Waals surface area contributed by atoms with Gasteiger partial charge in [-0.3, -0.25) is 0 Å². The first-order chi connectivity index (χ1) is 11.5. The minimum absolute atomic E-state index is 0.00400. The molecule has 1 aromatic carbocycles. The number of nitrogens with zero attached hydrogens (tertiary/aromatic N) is 2. The van der Waals surface area contributed by atoms with Crippen molar-refractivity contribution in [2.75, 3.05) is 0 Å². The summed E-state index contributed by atoms with van der Waals surface area (Å²) in [5, 5.41) is 10.1. The normalized spacial score (nSPS) is 12.2. The van der Waals surface area contributed by atoms with Crippen LogP contribution in [0, 0.1) is 0 Å². The second-order valence-corrected chi connectivity index (χ2v) is 6.83. The molecule has 9 heteroatoms. The number of carbonyl (C=O) groups excluding carboxylic acids is 1. The van der Waals surface area contributed by atoms with Crippen molar-refractivity contribution >= 4 is 52.1 Å². The monoisotopic (exact) mass is 402 g/mol. The van der Waals surface area contributed by atoms with Crippen LogP contribution in [-0.2, 0) is 4.74 Å². The zero-order valence-corrected chi connectivity index (χ0v) is 15.2. The molecule has 0 radical (unpaired) electrons. The van der Waals surface area contributed by atoms with Crippen LogP contribution >= 0.6 is 46.1 Å². The minimum atomic E-state index is -0.773. The van der Waals surface area contributed by atoms with Crippen LogP contribution in [0.25, 0.3) is 10.8 Å².